The summed E-state index contributed by atoms with van der Waals surface area (Å²) in [4.78, 5) is 23.9. The molecule has 1 amide bonds. The van der Waals surface area contributed by atoms with Gasteiger partial charge in [-0.25, -0.2) is 0 Å². The summed E-state index contributed by atoms with van der Waals surface area (Å²) >= 11 is 3.90. The Balaban J connectivity index is 3.24. The van der Waals surface area contributed by atoms with Crippen molar-refractivity contribution in [3.05, 3.63) is 0 Å². The predicted octanol–water partition coefficient (Wildman–Crippen LogP) is 2.54. The topological polar surface area (TPSA) is 73.7 Å². The fraction of sp³-hybridized carbons (Fsp3) is 0.913. The van der Waals surface area contributed by atoms with E-state index in [0.717, 1.165) is 19.3 Å². The van der Waals surface area contributed by atoms with Crippen molar-refractivity contribution in [2.75, 3.05) is 26.4 Å². The summed E-state index contributed by atoms with van der Waals surface area (Å²) in [5.41, 5.74) is 0. The predicted molar refractivity (Wildman–Crippen MR) is 122 cm³/mol. The van der Waals surface area contributed by atoms with Crippen LogP contribution in [0.1, 0.15) is 103 Å². The average molecular weight is 431 g/mol. The minimum atomic E-state index is -1.27. The van der Waals surface area contributed by atoms with Crippen LogP contribution in [-0.2, 0) is 9.59 Å². The van der Waals surface area contributed by atoms with Crippen LogP contribution >= 0.6 is 12.6 Å². The third-order valence-corrected chi connectivity index (χ3v) is 5.75. The number of quaternary nitrogens is 1. The van der Waals surface area contributed by atoms with Gasteiger partial charge in [0.2, 0.25) is 5.91 Å². The molecule has 29 heavy (non-hydrogen) atoms. The first kappa shape index (κ1) is 28.2. The second-order valence-corrected chi connectivity index (χ2v) is 9.00. The highest BCUT2D eigenvalue weighted by Gasteiger charge is 2.10. The second-order valence-electron chi connectivity index (χ2n) is 8.63. The van der Waals surface area contributed by atoms with Crippen molar-refractivity contribution < 1.29 is 19.6 Å². The van der Waals surface area contributed by atoms with E-state index in [2.05, 4.69) is 32.0 Å². The van der Waals surface area contributed by atoms with Gasteiger partial charge in [0.25, 0.3) is 0 Å². The van der Waals surface area contributed by atoms with Crippen LogP contribution in [0, 0.1) is 0 Å². The Bertz CT molecular complexity index is 406. The molecule has 0 spiro atoms. The van der Waals surface area contributed by atoms with E-state index in [1.807, 2.05) is 0 Å². The Hall–Kier alpha value is -0.750. The molecule has 0 aliphatic carbocycles. The number of rotatable bonds is 21. The van der Waals surface area contributed by atoms with E-state index in [0.29, 0.717) is 6.42 Å². The number of nitrogens with one attached hydrogen (secondary N) is 2. The number of amides is 1. The van der Waals surface area contributed by atoms with Crippen LogP contribution in [0.3, 0.4) is 0 Å². The lowest BCUT2D eigenvalue weighted by atomic mass is 10.0. The molecule has 5 nitrogen and oxygen atoms in total. The van der Waals surface area contributed by atoms with Crippen LogP contribution < -0.4 is 15.3 Å². The third kappa shape index (κ3) is 20.3. The van der Waals surface area contributed by atoms with Gasteiger partial charge in [0.05, 0.1) is 32.7 Å². The monoisotopic (exact) mass is 430 g/mol. The van der Waals surface area contributed by atoms with Crippen molar-refractivity contribution in [2.24, 2.45) is 0 Å². The standard InChI is InChI=1S/C23H46N2O3S/c1-25(2)19-17-15-13-11-9-7-5-3-4-6-8-10-12-14-16-18-22(26)24-21(20-29)23(27)28/h21,29H,3-20H2,1-2H3,(H,24,26)(H,27,28). The van der Waals surface area contributed by atoms with Crippen LogP contribution in [0.5, 0.6) is 0 Å². The average Bonchev–Trinajstić information content (AvgIpc) is 2.67. The molecule has 2 N–H and O–H groups in total. The van der Waals surface area contributed by atoms with E-state index in [4.69, 9.17) is 0 Å². The summed E-state index contributed by atoms with van der Waals surface area (Å²) in [6.07, 6.45) is 19.7. The molecular weight excluding hydrogens is 384 g/mol. The summed E-state index contributed by atoms with van der Waals surface area (Å²) < 4.78 is 0. The Labute approximate surface area is 184 Å². The lowest BCUT2D eigenvalue weighted by Crippen LogP contribution is -3.05. The molecule has 0 rings (SSSR count). The molecule has 0 radical (unpaired) electrons. The number of carboxylic acids is 1. The van der Waals surface area contributed by atoms with E-state index in [9.17, 15) is 14.7 Å². The molecule has 0 aromatic heterocycles. The van der Waals surface area contributed by atoms with Crippen molar-refractivity contribution in [3.63, 3.8) is 0 Å². The Morgan fingerprint density at radius 2 is 1.14 bits per heavy atom. The van der Waals surface area contributed by atoms with Crippen molar-refractivity contribution in [1.29, 1.82) is 0 Å². The first-order valence-corrected chi connectivity index (χ1v) is 12.5. The highest BCUT2D eigenvalue weighted by molar-refractivity contribution is 7.80. The van der Waals surface area contributed by atoms with Crippen LogP contribution in [0.25, 0.3) is 0 Å². The maximum absolute atomic E-state index is 11.7. The largest absolute Gasteiger partial charge is 0.548 e. The van der Waals surface area contributed by atoms with Gasteiger partial charge >= 0.3 is 0 Å². The molecule has 0 saturated heterocycles. The highest BCUT2D eigenvalue weighted by Crippen LogP contribution is 2.13. The molecule has 0 aromatic rings. The molecule has 1 atom stereocenters. The van der Waals surface area contributed by atoms with E-state index in [1.165, 1.54) is 83.6 Å². The van der Waals surface area contributed by atoms with Gasteiger partial charge in [0, 0.05) is 12.2 Å². The first-order chi connectivity index (χ1) is 14.0. The number of hydrogen-bond donors (Lipinski definition) is 3. The maximum atomic E-state index is 11.7. The molecule has 0 aliphatic rings. The van der Waals surface area contributed by atoms with Crippen LogP contribution in [0.15, 0.2) is 0 Å². The van der Waals surface area contributed by atoms with Gasteiger partial charge in [-0.05, 0) is 19.3 Å². The van der Waals surface area contributed by atoms with Gasteiger partial charge in [-0.3, -0.25) is 4.79 Å². The van der Waals surface area contributed by atoms with Crippen molar-refractivity contribution >= 4 is 24.5 Å². The lowest BCUT2D eigenvalue weighted by molar-refractivity contribution is -0.858. The Kier molecular flexibility index (Phi) is 20.0. The van der Waals surface area contributed by atoms with Crippen LogP contribution in [0.4, 0.5) is 0 Å². The summed E-state index contributed by atoms with van der Waals surface area (Å²) in [5, 5.41) is 13.2. The minimum absolute atomic E-state index is 0.0613. The van der Waals surface area contributed by atoms with Gasteiger partial charge in [-0.2, -0.15) is 12.6 Å². The molecule has 6 heteroatoms. The van der Waals surface area contributed by atoms with Crippen LogP contribution in [-0.4, -0.2) is 44.3 Å². The molecule has 172 valence electrons. The summed E-state index contributed by atoms with van der Waals surface area (Å²) in [7, 11) is 4.45. The van der Waals surface area contributed by atoms with Crippen LogP contribution in [0.2, 0.25) is 0 Å². The Morgan fingerprint density at radius 3 is 1.48 bits per heavy atom. The number of aliphatic carboxylic acids is 1. The van der Waals surface area contributed by atoms with E-state index in [1.54, 1.807) is 4.90 Å². The number of carbonyl (C=O) groups excluding carboxylic acids is 2. The molecule has 0 heterocycles. The Morgan fingerprint density at radius 1 is 0.759 bits per heavy atom. The smallest absolute Gasteiger partial charge is 0.220 e. The molecule has 0 bridgehead atoms. The van der Waals surface area contributed by atoms with Gasteiger partial charge < -0.3 is 20.1 Å². The van der Waals surface area contributed by atoms with Gasteiger partial charge in [0.1, 0.15) is 0 Å². The normalized spacial score (nSPS) is 12.3. The maximum Gasteiger partial charge on any atom is 0.220 e. The second kappa shape index (κ2) is 20.5. The summed E-state index contributed by atoms with van der Waals surface area (Å²) in [6, 6.07) is -0.986. The third-order valence-electron chi connectivity index (χ3n) is 5.38. The molecular formula is C23H46N2O3S. The van der Waals surface area contributed by atoms with Gasteiger partial charge in [-0.1, -0.05) is 77.0 Å². The zero-order valence-electron chi connectivity index (χ0n) is 19.0. The SMILES string of the molecule is C[NH+](C)CCCCCCCCCCCCCCCCCC(=O)NC(CS)C(=O)[O-]. The van der Waals surface area contributed by atoms with Crippen molar-refractivity contribution in [2.45, 2.75) is 109 Å². The lowest BCUT2D eigenvalue weighted by Gasteiger charge is -2.17. The fourth-order valence-corrected chi connectivity index (χ4v) is 3.75. The number of hydrogen-bond acceptors (Lipinski definition) is 4. The number of carbonyl (C=O) groups is 2. The van der Waals surface area contributed by atoms with Gasteiger partial charge in [-0.15, -0.1) is 0 Å². The fourth-order valence-electron chi connectivity index (χ4n) is 3.51. The molecule has 0 aliphatic heterocycles. The minimum Gasteiger partial charge on any atom is -0.548 e. The summed E-state index contributed by atoms with van der Waals surface area (Å²) in [5.74, 6) is -1.43. The molecule has 0 aromatic carbocycles. The van der Waals surface area contributed by atoms with Crippen molar-refractivity contribution in [3.8, 4) is 0 Å². The molecule has 0 fully saturated rings. The van der Waals surface area contributed by atoms with E-state index in [-0.39, 0.29) is 11.7 Å². The first-order valence-electron chi connectivity index (χ1n) is 11.9. The molecule has 0 saturated carbocycles. The molecule has 1 unspecified atom stereocenters. The zero-order valence-corrected chi connectivity index (χ0v) is 19.9. The number of carboxylic acid groups (broad SMARTS) is 1. The van der Waals surface area contributed by atoms with E-state index < -0.39 is 12.0 Å². The van der Waals surface area contributed by atoms with E-state index >= 15 is 0 Å². The number of unbranched alkanes of at least 4 members (excludes halogenated alkanes) is 14. The summed E-state index contributed by atoms with van der Waals surface area (Å²) in [6.45, 7) is 1.30. The number of thiol groups is 1. The van der Waals surface area contributed by atoms with Gasteiger partial charge in [0.15, 0.2) is 0 Å². The highest BCUT2D eigenvalue weighted by atomic mass is 32.1. The van der Waals surface area contributed by atoms with Crippen molar-refractivity contribution in [1.82, 2.24) is 5.32 Å². The quantitative estimate of drug-likeness (QED) is 0.194. The zero-order chi connectivity index (χ0) is 21.7.